The van der Waals surface area contributed by atoms with Crippen LogP contribution in [0.1, 0.15) is 23.2 Å². The van der Waals surface area contributed by atoms with Gasteiger partial charge in [-0.1, -0.05) is 0 Å². The highest BCUT2D eigenvalue weighted by Crippen LogP contribution is 2.29. The summed E-state index contributed by atoms with van der Waals surface area (Å²) in [6, 6.07) is 1.85. The van der Waals surface area contributed by atoms with Crippen LogP contribution in [-0.4, -0.2) is 20.9 Å². The predicted octanol–water partition coefficient (Wildman–Crippen LogP) is 2.66. The third kappa shape index (κ3) is 3.67. The largest absolute Gasteiger partial charge is 0.352 e. The smallest absolute Gasteiger partial charge is 0.262 e. The number of carbonyl (C=O) groups excluding carboxylic acids is 1. The Balaban J connectivity index is 2.30. The van der Waals surface area contributed by atoms with Crippen molar-refractivity contribution >= 4 is 41.6 Å². The van der Waals surface area contributed by atoms with Crippen molar-refractivity contribution in [2.45, 2.75) is 17.7 Å². The first-order valence-electron chi connectivity index (χ1n) is 5.51. The molecular weight excluding hydrogens is 361 g/mol. The lowest BCUT2D eigenvalue weighted by Crippen LogP contribution is -2.26. The van der Waals surface area contributed by atoms with E-state index >= 15 is 0 Å². The number of hydrogen-bond acceptors (Lipinski definition) is 3. The maximum atomic E-state index is 13.7. The van der Waals surface area contributed by atoms with Gasteiger partial charge in [-0.15, -0.1) is 0 Å². The number of carbonyl (C=O) groups is 1. The topological polar surface area (TPSA) is 63.2 Å². The van der Waals surface area contributed by atoms with Crippen molar-refractivity contribution in [2.24, 2.45) is 5.92 Å². The molecule has 0 heterocycles. The molecule has 4 nitrogen and oxygen atoms in total. The summed E-state index contributed by atoms with van der Waals surface area (Å²) in [5.74, 6) is -0.999. The molecule has 0 atom stereocenters. The van der Waals surface area contributed by atoms with Gasteiger partial charge in [0.15, 0.2) is 0 Å². The van der Waals surface area contributed by atoms with E-state index in [-0.39, 0.29) is 14.9 Å². The molecule has 8 heteroatoms. The zero-order valence-corrected chi connectivity index (χ0v) is 12.8. The minimum atomic E-state index is -4.05. The standard InChI is InChI=1S/C11H10BrClFNO3S/c12-8-4-9(14)7(3-10(8)19(13,17)18)11(16)15-5-6-1-2-6/h3-4,6H,1-2,5H2,(H,15,16). The maximum Gasteiger partial charge on any atom is 0.262 e. The highest BCUT2D eigenvalue weighted by molar-refractivity contribution is 9.10. The summed E-state index contributed by atoms with van der Waals surface area (Å²) in [5, 5.41) is 2.57. The first-order chi connectivity index (χ1) is 8.79. The molecule has 0 spiro atoms. The van der Waals surface area contributed by atoms with Crippen molar-refractivity contribution in [3.05, 3.63) is 28.0 Å². The Hall–Kier alpha value is -0.660. The Morgan fingerprint density at radius 3 is 2.63 bits per heavy atom. The summed E-state index contributed by atoms with van der Waals surface area (Å²) in [5.41, 5.74) is -0.330. The second-order valence-electron chi connectivity index (χ2n) is 4.35. The van der Waals surface area contributed by atoms with Gasteiger partial charge in [0.1, 0.15) is 5.82 Å². The minimum absolute atomic E-state index is 0.0151. The van der Waals surface area contributed by atoms with Gasteiger partial charge in [-0.25, -0.2) is 12.8 Å². The molecule has 1 fully saturated rings. The highest BCUT2D eigenvalue weighted by Gasteiger charge is 2.24. The van der Waals surface area contributed by atoms with Crippen LogP contribution in [0.2, 0.25) is 0 Å². The van der Waals surface area contributed by atoms with E-state index in [0.717, 1.165) is 25.0 Å². The van der Waals surface area contributed by atoms with E-state index in [2.05, 4.69) is 21.2 Å². The number of nitrogens with one attached hydrogen (secondary N) is 1. The third-order valence-corrected chi connectivity index (χ3v) is 5.06. The number of hydrogen-bond donors (Lipinski definition) is 1. The van der Waals surface area contributed by atoms with Crippen molar-refractivity contribution in [1.29, 1.82) is 0 Å². The Bertz CT molecular complexity index is 631. The maximum absolute atomic E-state index is 13.7. The fraction of sp³-hybridized carbons (Fsp3) is 0.364. The molecule has 0 aromatic heterocycles. The van der Waals surface area contributed by atoms with E-state index in [0.29, 0.717) is 12.5 Å². The van der Waals surface area contributed by atoms with Crippen molar-refractivity contribution in [3.63, 3.8) is 0 Å². The van der Waals surface area contributed by atoms with E-state index in [4.69, 9.17) is 10.7 Å². The molecule has 1 N–H and O–H groups in total. The van der Waals surface area contributed by atoms with Gasteiger partial charge in [0.05, 0.1) is 10.5 Å². The molecule has 0 aliphatic heterocycles. The zero-order valence-electron chi connectivity index (χ0n) is 9.62. The summed E-state index contributed by atoms with van der Waals surface area (Å²) in [6.07, 6.45) is 2.09. The van der Waals surface area contributed by atoms with E-state index < -0.39 is 20.8 Å². The van der Waals surface area contributed by atoms with Crippen molar-refractivity contribution in [2.75, 3.05) is 6.54 Å². The number of amides is 1. The van der Waals surface area contributed by atoms with Crippen molar-refractivity contribution < 1.29 is 17.6 Å². The second-order valence-corrected chi connectivity index (χ2v) is 7.74. The van der Waals surface area contributed by atoms with Crippen LogP contribution < -0.4 is 5.32 Å². The van der Waals surface area contributed by atoms with Gasteiger partial charge >= 0.3 is 0 Å². The molecule has 1 aliphatic rings. The Morgan fingerprint density at radius 1 is 1.47 bits per heavy atom. The SMILES string of the molecule is O=C(NCC1CC1)c1cc(S(=O)(=O)Cl)c(Br)cc1F. The molecule has 0 unspecified atom stereocenters. The molecule has 104 valence electrons. The fourth-order valence-corrected chi connectivity index (χ4v) is 3.71. The van der Waals surface area contributed by atoms with Gasteiger partial charge in [0.2, 0.25) is 0 Å². The molecule has 19 heavy (non-hydrogen) atoms. The van der Waals surface area contributed by atoms with E-state index in [1.54, 1.807) is 0 Å². The summed E-state index contributed by atoms with van der Waals surface area (Å²) in [4.78, 5) is 11.5. The van der Waals surface area contributed by atoms with Gasteiger partial charge < -0.3 is 5.32 Å². The average Bonchev–Trinajstić information content (AvgIpc) is 3.07. The van der Waals surface area contributed by atoms with Crippen molar-refractivity contribution in [1.82, 2.24) is 5.32 Å². The van der Waals surface area contributed by atoms with Crippen LogP contribution in [0.25, 0.3) is 0 Å². The summed E-state index contributed by atoms with van der Waals surface area (Å²) < 4.78 is 36.3. The lowest BCUT2D eigenvalue weighted by molar-refractivity contribution is 0.0947. The normalized spacial score (nSPS) is 15.3. The Kier molecular flexibility index (Phi) is 4.17. The summed E-state index contributed by atoms with van der Waals surface area (Å²) in [6.45, 7) is 0.470. The van der Waals surface area contributed by atoms with Gasteiger partial charge in [0, 0.05) is 21.7 Å². The molecule has 0 radical (unpaired) electrons. The van der Waals surface area contributed by atoms with Crippen LogP contribution >= 0.6 is 26.6 Å². The monoisotopic (exact) mass is 369 g/mol. The number of halogens is 3. The van der Waals surface area contributed by atoms with E-state index in [1.807, 2.05) is 0 Å². The zero-order chi connectivity index (χ0) is 14.2. The minimum Gasteiger partial charge on any atom is -0.352 e. The molecule has 2 rings (SSSR count). The van der Waals surface area contributed by atoms with Gasteiger partial charge in [-0.2, -0.15) is 0 Å². The van der Waals surface area contributed by atoms with Crippen molar-refractivity contribution in [3.8, 4) is 0 Å². The molecule has 1 amide bonds. The van der Waals surface area contributed by atoms with Crippen LogP contribution in [0.3, 0.4) is 0 Å². The van der Waals surface area contributed by atoms with Crippen LogP contribution in [0, 0.1) is 11.7 Å². The fourth-order valence-electron chi connectivity index (χ4n) is 1.54. The lowest BCUT2D eigenvalue weighted by atomic mass is 10.2. The quantitative estimate of drug-likeness (QED) is 0.829. The molecule has 1 saturated carbocycles. The molecular formula is C11H10BrClFNO3S. The van der Waals surface area contributed by atoms with E-state index in [9.17, 15) is 17.6 Å². The van der Waals surface area contributed by atoms with Gasteiger partial charge in [-0.05, 0) is 46.8 Å². The molecule has 1 aliphatic carbocycles. The molecule has 0 bridgehead atoms. The Morgan fingerprint density at radius 2 is 2.11 bits per heavy atom. The molecule has 1 aromatic rings. The van der Waals surface area contributed by atoms with E-state index in [1.165, 1.54) is 0 Å². The molecule has 1 aromatic carbocycles. The summed E-state index contributed by atoms with van der Waals surface area (Å²) in [7, 11) is 1.17. The highest BCUT2D eigenvalue weighted by atomic mass is 79.9. The molecule has 0 saturated heterocycles. The van der Waals surface area contributed by atoms with Crippen LogP contribution in [0.4, 0.5) is 4.39 Å². The predicted molar refractivity (Wildman–Crippen MR) is 72.2 cm³/mol. The van der Waals surface area contributed by atoms with Crippen LogP contribution in [-0.2, 0) is 9.05 Å². The average molecular weight is 371 g/mol. The third-order valence-electron chi connectivity index (χ3n) is 2.78. The first-order valence-corrected chi connectivity index (χ1v) is 8.61. The Labute approximate surface area is 122 Å². The second kappa shape index (κ2) is 5.38. The number of rotatable bonds is 4. The van der Waals surface area contributed by atoms with Crippen LogP contribution in [0.15, 0.2) is 21.5 Å². The van der Waals surface area contributed by atoms with Gasteiger partial charge in [-0.3, -0.25) is 4.79 Å². The van der Waals surface area contributed by atoms with Gasteiger partial charge in [0.25, 0.3) is 15.0 Å². The first kappa shape index (κ1) is 14.7. The number of benzene rings is 1. The summed E-state index contributed by atoms with van der Waals surface area (Å²) >= 11 is 2.90. The van der Waals surface area contributed by atoms with Crippen LogP contribution in [0.5, 0.6) is 0 Å². The lowest BCUT2D eigenvalue weighted by Gasteiger charge is -2.08.